The second kappa shape index (κ2) is 8.39. The average Bonchev–Trinajstić information content (AvgIpc) is 2.59. The van der Waals surface area contributed by atoms with Crippen LogP contribution in [0.5, 0.6) is 0 Å². The van der Waals surface area contributed by atoms with Gasteiger partial charge >= 0.3 is 0 Å². The van der Waals surface area contributed by atoms with Crippen LogP contribution in [-0.2, 0) is 11.3 Å². The number of anilines is 1. The predicted octanol–water partition coefficient (Wildman–Crippen LogP) is 4.39. The molecule has 0 aliphatic heterocycles. The quantitative estimate of drug-likeness (QED) is 0.765. The highest BCUT2D eigenvalue weighted by Gasteiger charge is 2.17. The zero-order valence-electron chi connectivity index (χ0n) is 13.3. The fourth-order valence-electron chi connectivity index (χ4n) is 2.23. The number of nitrogens with one attached hydrogen (secondary N) is 1. The molecular weight excluding hydrogens is 308 g/mol. The molecule has 1 N–H and O–H groups in total. The van der Waals surface area contributed by atoms with E-state index in [0.717, 1.165) is 17.7 Å². The number of hydrogen-bond donors (Lipinski definition) is 1. The normalized spacial score (nSPS) is 10.2. The number of amides is 1. The van der Waals surface area contributed by atoms with Gasteiger partial charge in [-0.25, -0.2) is 0 Å². The van der Waals surface area contributed by atoms with Crippen molar-refractivity contribution in [2.75, 3.05) is 11.4 Å². The molecule has 0 aliphatic rings. The van der Waals surface area contributed by atoms with E-state index in [9.17, 15) is 4.79 Å². The summed E-state index contributed by atoms with van der Waals surface area (Å²) in [7, 11) is 0. The molecule has 0 unspecified atom stereocenters. The van der Waals surface area contributed by atoms with Crippen LogP contribution in [0.25, 0.3) is 0 Å². The monoisotopic (exact) mass is 328 g/mol. The standard InChI is InChI=1S/C19H21ClN2O/c1-3-13-22(18-7-5-4-6-8-18)19(23)15(2)21-14-16-9-11-17(20)12-10-16/h4-12,21H,2-3,13-14H2,1H3. The molecule has 0 radical (unpaired) electrons. The summed E-state index contributed by atoms with van der Waals surface area (Å²) >= 11 is 5.87. The molecule has 23 heavy (non-hydrogen) atoms. The van der Waals surface area contributed by atoms with E-state index in [1.165, 1.54) is 0 Å². The summed E-state index contributed by atoms with van der Waals surface area (Å²) in [6, 6.07) is 17.2. The minimum atomic E-state index is -0.105. The van der Waals surface area contributed by atoms with E-state index in [2.05, 4.69) is 11.9 Å². The van der Waals surface area contributed by atoms with Crippen LogP contribution in [0.2, 0.25) is 5.02 Å². The molecule has 0 atom stereocenters. The van der Waals surface area contributed by atoms with E-state index < -0.39 is 0 Å². The summed E-state index contributed by atoms with van der Waals surface area (Å²) in [6.07, 6.45) is 0.880. The molecule has 120 valence electrons. The molecule has 0 fully saturated rings. The summed E-state index contributed by atoms with van der Waals surface area (Å²) in [5.74, 6) is -0.105. The zero-order chi connectivity index (χ0) is 16.7. The van der Waals surface area contributed by atoms with E-state index >= 15 is 0 Å². The largest absolute Gasteiger partial charge is 0.377 e. The van der Waals surface area contributed by atoms with E-state index in [1.807, 2.05) is 61.5 Å². The first-order valence-corrected chi connectivity index (χ1v) is 8.03. The van der Waals surface area contributed by atoms with Gasteiger partial charge in [-0.1, -0.05) is 55.4 Å². The number of para-hydroxylation sites is 1. The van der Waals surface area contributed by atoms with Gasteiger partial charge in [-0.3, -0.25) is 4.79 Å². The SMILES string of the molecule is C=C(NCc1ccc(Cl)cc1)C(=O)N(CCC)c1ccccc1. The number of benzene rings is 2. The molecule has 0 spiro atoms. The smallest absolute Gasteiger partial charge is 0.273 e. The number of carbonyl (C=O) groups is 1. The van der Waals surface area contributed by atoms with Crippen molar-refractivity contribution in [2.45, 2.75) is 19.9 Å². The lowest BCUT2D eigenvalue weighted by Gasteiger charge is -2.23. The number of rotatable bonds is 7. The molecule has 0 heterocycles. The molecule has 0 aromatic heterocycles. The predicted molar refractivity (Wildman–Crippen MR) is 96.5 cm³/mol. The maximum absolute atomic E-state index is 12.7. The fraction of sp³-hybridized carbons (Fsp3) is 0.211. The lowest BCUT2D eigenvalue weighted by atomic mass is 10.2. The van der Waals surface area contributed by atoms with Crippen molar-refractivity contribution in [1.29, 1.82) is 0 Å². The maximum Gasteiger partial charge on any atom is 0.273 e. The van der Waals surface area contributed by atoms with Crippen LogP contribution in [0.4, 0.5) is 5.69 Å². The molecular formula is C19H21ClN2O. The second-order valence-electron chi connectivity index (χ2n) is 5.25. The molecule has 3 nitrogen and oxygen atoms in total. The van der Waals surface area contributed by atoms with Gasteiger partial charge in [0, 0.05) is 23.8 Å². The summed E-state index contributed by atoms with van der Waals surface area (Å²) in [6.45, 7) is 7.13. The Morgan fingerprint density at radius 3 is 2.39 bits per heavy atom. The van der Waals surface area contributed by atoms with Gasteiger partial charge in [0.15, 0.2) is 0 Å². The van der Waals surface area contributed by atoms with Crippen molar-refractivity contribution < 1.29 is 4.79 Å². The Labute approximate surface area is 142 Å². The Balaban J connectivity index is 2.01. The molecule has 0 saturated carbocycles. The number of carbonyl (C=O) groups excluding carboxylic acids is 1. The first-order valence-electron chi connectivity index (χ1n) is 7.66. The van der Waals surface area contributed by atoms with Crippen LogP contribution in [0.3, 0.4) is 0 Å². The summed E-state index contributed by atoms with van der Waals surface area (Å²) < 4.78 is 0. The van der Waals surface area contributed by atoms with Crippen molar-refractivity contribution in [3.8, 4) is 0 Å². The third kappa shape index (κ3) is 4.86. The molecule has 2 rings (SSSR count). The van der Waals surface area contributed by atoms with Crippen LogP contribution in [0.1, 0.15) is 18.9 Å². The van der Waals surface area contributed by atoms with Gasteiger partial charge in [-0.15, -0.1) is 0 Å². The minimum absolute atomic E-state index is 0.105. The molecule has 4 heteroatoms. The number of nitrogens with zero attached hydrogens (tertiary/aromatic N) is 1. The molecule has 2 aromatic rings. The molecule has 0 aliphatic carbocycles. The van der Waals surface area contributed by atoms with Crippen LogP contribution in [-0.4, -0.2) is 12.5 Å². The highest BCUT2D eigenvalue weighted by atomic mass is 35.5. The maximum atomic E-state index is 12.7. The van der Waals surface area contributed by atoms with Gasteiger partial charge in [-0.05, 0) is 36.2 Å². The summed E-state index contributed by atoms with van der Waals surface area (Å²) in [5, 5.41) is 3.79. The van der Waals surface area contributed by atoms with Crippen LogP contribution >= 0.6 is 11.6 Å². The Hall–Kier alpha value is -2.26. The van der Waals surface area contributed by atoms with E-state index in [0.29, 0.717) is 23.8 Å². The van der Waals surface area contributed by atoms with Gasteiger partial charge in [-0.2, -0.15) is 0 Å². The fourth-order valence-corrected chi connectivity index (χ4v) is 2.35. The second-order valence-corrected chi connectivity index (χ2v) is 5.69. The number of halogens is 1. The highest BCUT2D eigenvalue weighted by Crippen LogP contribution is 2.16. The van der Waals surface area contributed by atoms with Crippen molar-refractivity contribution in [1.82, 2.24) is 5.32 Å². The minimum Gasteiger partial charge on any atom is -0.377 e. The van der Waals surface area contributed by atoms with Crippen molar-refractivity contribution in [2.24, 2.45) is 0 Å². The molecule has 0 bridgehead atoms. The number of hydrogen-bond acceptors (Lipinski definition) is 2. The lowest BCUT2D eigenvalue weighted by molar-refractivity contribution is -0.115. The molecule has 0 saturated heterocycles. The summed E-state index contributed by atoms with van der Waals surface area (Å²) in [4.78, 5) is 14.4. The van der Waals surface area contributed by atoms with Gasteiger partial charge in [0.2, 0.25) is 0 Å². The van der Waals surface area contributed by atoms with Crippen molar-refractivity contribution in [3.63, 3.8) is 0 Å². The third-order valence-corrected chi connectivity index (χ3v) is 3.69. The third-order valence-electron chi connectivity index (χ3n) is 3.44. The summed E-state index contributed by atoms with van der Waals surface area (Å²) in [5.41, 5.74) is 2.32. The van der Waals surface area contributed by atoms with Crippen LogP contribution in [0.15, 0.2) is 66.9 Å². The van der Waals surface area contributed by atoms with Gasteiger partial charge in [0.05, 0.1) is 5.70 Å². The Bertz CT molecular complexity index is 653. The first kappa shape index (κ1) is 17.1. The van der Waals surface area contributed by atoms with Gasteiger partial charge < -0.3 is 10.2 Å². The Morgan fingerprint density at radius 1 is 1.13 bits per heavy atom. The molecule has 2 aromatic carbocycles. The topological polar surface area (TPSA) is 32.3 Å². The van der Waals surface area contributed by atoms with E-state index in [-0.39, 0.29) is 5.91 Å². The Morgan fingerprint density at radius 2 is 1.78 bits per heavy atom. The molecule has 1 amide bonds. The Kier molecular flexibility index (Phi) is 6.24. The van der Waals surface area contributed by atoms with Gasteiger partial charge in [0.25, 0.3) is 5.91 Å². The van der Waals surface area contributed by atoms with Crippen LogP contribution < -0.4 is 10.2 Å². The first-order chi connectivity index (χ1) is 11.1. The zero-order valence-corrected chi connectivity index (χ0v) is 14.0. The van der Waals surface area contributed by atoms with E-state index in [4.69, 9.17) is 11.6 Å². The average molecular weight is 329 g/mol. The van der Waals surface area contributed by atoms with Crippen molar-refractivity contribution in [3.05, 3.63) is 77.5 Å². The highest BCUT2D eigenvalue weighted by molar-refractivity contribution is 6.30. The van der Waals surface area contributed by atoms with Crippen LogP contribution in [0, 0.1) is 0 Å². The van der Waals surface area contributed by atoms with Gasteiger partial charge in [0.1, 0.15) is 0 Å². The van der Waals surface area contributed by atoms with Crippen molar-refractivity contribution >= 4 is 23.2 Å². The lowest BCUT2D eigenvalue weighted by Crippen LogP contribution is -2.36. The van der Waals surface area contributed by atoms with E-state index in [1.54, 1.807) is 4.90 Å².